The van der Waals surface area contributed by atoms with E-state index in [0.29, 0.717) is 29.2 Å². The Morgan fingerprint density at radius 1 is 1.29 bits per heavy atom. The number of amides is 1. The molecule has 1 saturated carbocycles. The van der Waals surface area contributed by atoms with Gasteiger partial charge in [-0.05, 0) is 31.7 Å². The van der Waals surface area contributed by atoms with Gasteiger partial charge in [0.2, 0.25) is 11.7 Å². The molecule has 2 unspecified atom stereocenters. The summed E-state index contributed by atoms with van der Waals surface area (Å²) in [6, 6.07) is 1.38. The van der Waals surface area contributed by atoms with Crippen LogP contribution in [-0.4, -0.2) is 55.8 Å². The zero-order valence-corrected chi connectivity index (χ0v) is 17.0. The molecule has 9 nitrogen and oxygen atoms in total. The Balaban J connectivity index is 1.41. The van der Waals surface area contributed by atoms with E-state index in [1.807, 2.05) is 20.0 Å². The molecule has 3 aromatic heterocycles. The van der Waals surface area contributed by atoms with Gasteiger partial charge in [-0.2, -0.15) is 10.1 Å². The van der Waals surface area contributed by atoms with Crippen molar-refractivity contribution in [3.05, 3.63) is 36.0 Å². The quantitative estimate of drug-likeness (QED) is 0.617. The summed E-state index contributed by atoms with van der Waals surface area (Å²) < 4.78 is 39.1. The van der Waals surface area contributed by atoms with Gasteiger partial charge in [0.15, 0.2) is 5.69 Å². The largest absolute Gasteiger partial charge is 0.473 e. The number of halogens is 2. The fourth-order valence-corrected chi connectivity index (χ4v) is 4.08. The fraction of sp³-hybridized carbons (Fsp3) is 0.500. The van der Waals surface area contributed by atoms with Crippen LogP contribution < -0.4 is 10.1 Å². The van der Waals surface area contributed by atoms with Crippen LogP contribution in [-0.2, 0) is 11.3 Å². The lowest BCUT2D eigenvalue weighted by Gasteiger charge is -2.13. The second-order valence-electron chi connectivity index (χ2n) is 8.16. The van der Waals surface area contributed by atoms with Crippen molar-refractivity contribution in [3.63, 3.8) is 0 Å². The summed E-state index contributed by atoms with van der Waals surface area (Å²) in [6.45, 7) is 4.65. The number of fused-ring (bicyclic) bond motifs is 2. The van der Waals surface area contributed by atoms with E-state index in [0.717, 1.165) is 23.6 Å². The Kier molecular flexibility index (Phi) is 4.84. The van der Waals surface area contributed by atoms with E-state index in [-0.39, 0.29) is 17.7 Å². The Labute approximate surface area is 176 Å². The van der Waals surface area contributed by atoms with Crippen molar-refractivity contribution in [3.8, 4) is 5.88 Å². The van der Waals surface area contributed by atoms with Crippen LogP contribution >= 0.6 is 0 Å². The topological polar surface area (TPSA) is 95.6 Å². The minimum atomic E-state index is -2.55. The number of nitrogens with one attached hydrogen (secondary N) is 1. The molecule has 4 heterocycles. The number of anilines is 1. The third-order valence-electron chi connectivity index (χ3n) is 5.52. The fourth-order valence-electron chi connectivity index (χ4n) is 4.08. The number of carbonyl (C=O) groups is 1. The average Bonchev–Trinajstić information content (AvgIpc) is 3.13. The molecule has 164 valence electrons. The average molecular weight is 432 g/mol. The molecule has 1 N–H and O–H groups in total. The predicted octanol–water partition coefficient (Wildman–Crippen LogP) is 2.59. The lowest BCUT2D eigenvalue weighted by molar-refractivity contribution is 0.101. The van der Waals surface area contributed by atoms with Crippen LogP contribution in [0.5, 0.6) is 5.88 Å². The Hall–Kier alpha value is -3.08. The third-order valence-corrected chi connectivity index (χ3v) is 5.52. The number of alkyl halides is 2. The summed E-state index contributed by atoms with van der Waals surface area (Å²) >= 11 is 0. The molecule has 0 bridgehead atoms. The van der Waals surface area contributed by atoms with Crippen LogP contribution in [0.15, 0.2) is 24.7 Å². The molecule has 0 radical (unpaired) electrons. The highest BCUT2D eigenvalue weighted by Crippen LogP contribution is 2.57. The number of carbonyl (C=O) groups excluding carboxylic acids is 1. The standard InChI is InChI=1S/C20H22F2N6O3/c1-10(2)31-19-15(23-18(29)13-3-4-28(26-13)7-16(21)22)6-27-5-14(24-20(27)25-19)17-11-8-30-9-12(11)17/h3-6,10-12,16-17H,7-9H2,1-2H3,(H,23,29). The molecule has 1 amide bonds. The summed E-state index contributed by atoms with van der Waals surface area (Å²) in [5.41, 5.74) is 1.32. The molecular formula is C20H22F2N6O3. The number of hydrogen-bond donors (Lipinski definition) is 1. The van der Waals surface area contributed by atoms with Crippen molar-refractivity contribution >= 4 is 17.4 Å². The van der Waals surface area contributed by atoms with Crippen LogP contribution in [0, 0.1) is 11.8 Å². The first-order valence-electron chi connectivity index (χ1n) is 10.2. The van der Waals surface area contributed by atoms with E-state index in [9.17, 15) is 13.6 Å². The summed E-state index contributed by atoms with van der Waals surface area (Å²) in [4.78, 5) is 21.8. The maximum Gasteiger partial charge on any atom is 0.276 e. The zero-order valence-electron chi connectivity index (χ0n) is 17.0. The first-order chi connectivity index (χ1) is 14.9. The van der Waals surface area contributed by atoms with Gasteiger partial charge in [0.25, 0.3) is 12.3 Å². The second-order valence-corrected chi connectivity index (χ2v) is 8.16. The molecule has 11 heteroatoms. The lowest BCUT2D eigenvalue weighted by Crippen LogP contribution is -2.17. The number of nitrogens with zero attached hydrogens (tertiary/aromatic N) is 5. The molecule has 0 aromatic carbocycles. The Morgan fingerprint density at radius 3 is 2.77 bits per heavy atom. The van der Waals surface area contributed by atoms with Crippen molar-refractivity contribution in [2.45, 2.75) is 38.8 Å². The number of ether oxygens (including phenoxy) is 2. The van der Waals surface area contributed by atoms with Crippen LogP contribution in [0.3, 0.4) is 0 Å². The molecule has 2 atom stereocenters. The van der Waals surface area contributed by atoms with Crippen LogP contribution in [0.1, 0.15) is 35.9 Å². The number of imidazole rings is 1. The Bertz CT molecular complexity index is 1120. The van der Waals surface area contributed by atoms with Gasteiger partial charge in [-0.25, -0.2) is 13.8 Å². The SMILES string of the molecule is CC(C)Oc1nc2nc(C3C4COCC43)cn2cc1NC(=O)c1ccn(CC(F)F)n1. The van der Waals surface area contributed by atoms with Crippen LogP contribution in [0.4, 0.5) is 14.5 Å². The molecule has 2 aliphatic rings. The number of rotatable bonds is 7. The van der Waals surface area contributed by atoms with Crippen molar-refractivity contribution in [2.24, 2.45) is 11.8 Å². The zero-order chi connectivity index (χ0) is 21.7. The molecule has 2 fully saturated rings. The number of aromatic nitrogens is 5. The molecule has 1 aliphatic carbocycles. The lowest BCUT2D eigenvalue weighted by atomic mass is 10.2. The maximum atomic E-state index is 12.6. The summed E-state index contributed by atoms with van der Waals surface area (Å²) in [5.74, 6) is 1.58. The molecule has 31 heavy (non-hydrogen) atoms. The molecule has 0 spiro atoms. The van der Waals surface area contributed by atoms with Gasteiger partial charge in [-0.15, -0.1) is 0 Å². The molecule has 3 aromatic rings. The molecular weight excluding hydrogens is 410 g/mol. The predicted molar refractivity (Wildman–Crippen MR) is 105 cm³/mol. The van der Waals surface area contributed by atoms with Gasteiger partial charge < -0.3 is 14.8 Å². The van der Waals surface area contributed by atoms with E-state index < -0.39 is 18.9 Å². The first kappa shape index (κ1) is 19.9. The van der Waals surface area contributed by atoms with Crippen LogP contribution in [0.2, 0.25) is 0 Å². The van der Waals surface area contributed by atoms with E-state index in [2.05, 4.69) is 20.4 Å². The highest BCUT2D eigenvalue weighted by molar-refractivity contribution is 6.03. The van der Waals surface area contributed by atoms with Gasteiger partial charge in [0, 0.05) is 24.5 Å². The van der Waals surface area contributed by atoms with Crippen molar-refractivity contribution in [1.29, 1.82) is 0 Å². The normalized spacial score (nSPS) is 22.3. The van der Waals surface area contributed by atoms with E-state index in [4.69, 9.17) is 9.47 Å². The molecule has 5 rings (SSSR count). The minimum Gasteiger partial charge on any atom is -0.473 e. The maximum absolute atomic E-state index is 12.6. The number of hydrogen-bond acceptors (Lipinski definition) is 6. The van der Waals surface area contributed by atoms with Gasteiger partial charge >= 0.3 is 0 Å². The summed E-state index contributed by atoms with van der Waals surface area (Å²) in [5, 5.41) is 6.63. The van der Waals surface area contributed by atoms with Crippen molar-refractivity contribution in [2.75, 3.05) is 18.5 Å². The van der Waals surface area contributed by atoms with Gasteiger partial charge in [0.1, 0.15) is 12.2 Å². The van der Waals surface area contributed by atoms with Crippen LogP contribution in [0.25, 0.3) is 5.78 Å². The Morgan fingerprint density at radius 2 is 2.06 bits per heavy atom. The third kappa shape index (κ3) is 3.85. The van der Waals surface area contributed by atoms with E-state index >= 15 is 0 Å². The van der Waals surface area contributed by atoms with Gasteiger partial charge in [-0.3, -0.25) is 13.9 Å². The van der Waals surface area contributed by atoms with Gasteiger partial charge in [-0.1, -0.05) is 0 Å². The summed E-state index contributed by atoms with van der Waals surface area (Å²) in [6.07, 6.45) is 2.22. The van der Waals surface area contributed by atoms with Crippen molar-refractivity contribution < 1.29 is 23.0 Å². The summed E-state index contributed by atoms with van der Waals surface area (Å²) in [7, 11) is 0. The molecule has 1 saturated heterocycles. The van der Waals surface area contributed by atoms with E-state index in [1.165, 1.54) is 12.3 Å². The van der Waals surface area contributed by atoms with E-state index in [1.54, 1.807) is 10.6 Å². The highest BCUT2D eigenvalue weighted by Gasteiger charge is 2.55. The second kappa shape index (κ2) is 7.56. The molecule has 1 aliphatic heterocycles. The van der Waals surface area contributed by atoms with Crippen molar-refractivity contribution in [1.82, 2.24) is 24.1 Å². The smallest absolute Gasteiger partial charge is 0.276 e. The monoisotopic (exact) mass is 432 g/mol. The minimum absolute atomic E-state index is 0.0216. The highest BCUT2D eigenvalue weighted by atomic mass is 19.3. The first-order valence-corrected chi connectivity index (χ1v) is 10.2. The van der Waals surface area contributed by atoms with Gasteiger partial charge in [0.05, 0.1) is 25.0 Å².